The van der Waals surface area contributed by atoms with Gasteiger partial charge in [-0.1, -0.05) is 19.1 Å². The number of aryl methyl sites for hydroxylation is 1. The molecule has 0 aliphatic carbocycles. The number of nitrogen functional groups attached to an aromatic ring is 1. The molecular formula is C16H16N4O. The third-order valence-electron chi connectivity index (χ3n) is 3.06. The molecule has 1 aromatic carbocycles. The fourth-order valence-corrected chi connectivity index (χ4v) is 1.90. The van der Waals surface area contributed by atoms with Gasteiger partial charge >= 0.3 is 0 Å². The summed E-state index contributed by atoms with van der Waals surface area (Å²) < 4.78 is 0. The number of nitrogens with zero attached hydrogens (tertiary/aromatic N) is 2. The van der Waals surface area contributed by atoms with E-state index < -0.39 is 0 Å². The van der Waals surface area contributed by atoms with Gasteiger partial charge in [-0.3, -0.25) is 4.79 Å². The molecule has 21 heavy (non-hydrogen) atoms. The summed E-state index contributed by atoms with van der Waals surface area (Å²) in [6.45, 7) is 2.36. The molecule has 1 amide bonds. The summed E-state index contributed by atoms with van der Waals surface area (Å²) in [5.41, 5.74) is 8.52. The van der Waals surface area contributed by atoms with Gasteiger partial charge in [-0.2, -0.15) is 5.26 Å². The van der Waals surface area contributed by atoms with E-state index in [2.05, 4.69) is 16.4 Å². The molecule has 5 nitrogen and oxygen atoms in total. The first-order valence-electron chi connectivity index (χ1n) is 6.66. The van der Waals surface area contributed by atoms with E-state index in [0.717, 1.165) is 17.7 Å². The van der Waals surface area contributed by atoms with Crippen molar-refractivity contribution < 1.29 is 4.79 Å². The van der Waals surface area contributed by atoms with E-state index in [4.69, 9.17) is 11.0 Å². The van der Waals surface area contributed by atoms with Crippen LogP contribution in [0.4, 0.5) is 5.82 Å². The lowest BCUT2D eigenvalue weighted by molar-refractivity contribution is 0.0950. The van der Waals surface area contributed by atoms with E-state index in [9.17, 15) is 4.79 Å². The third kappa shape index (κ3) is 3.80. The lowest BCUT2D eigenvalue weighted by Gasteiger charge is -2.07. The number of anilines is 1. The normalized spacial score (nSPS) is 9.90. The molecule has 5 heteroatoms. The van der Waals surface area contributed by atoms with Crippen molar-refractivity contribution in [2.75, 3.05) is 5.73 Å². The lowest BCUT2D eigenvalue weighted by Crippen LogP contribution is -2.23. The molecule has 0 fully saturated rings. The molecule has 2 aromatic rings. The van der Waals surface area contributed by atoms with Crippen molar-refractivity contribution in [1.82, 2.24) is 10.3 Å². The van der Waals surface area contributed by atoms with Crippen LogP contribution < -0.4 is 11.1 Å². The molecule has 3 N–H and O–H groups in total. The van der Waals surface area contributed by atoms with Gasteiger partial charge < -0.3 is 11.1 Å². The molecule has 0 atom stereocenters. The number of amides is 1. The standard InChI is InChI=1S/C16H16N4O/c1-2-14-7-13(8-15(18)20-14)16(21)19-10-12-5-3-11(9-17)4-6-12/h3-8H,2,10H2,1H3,(H2,18,20)(H,19,21). The van der Waals surface area contributed by atoms with Crippen LogP contribution in [0.5, 0.6) is 0 Å². The molecule has 1 heterocycles. The number of rotatable bonds is 4. The largest absolute Gasteiger partial charge is 0.384 e. The van der Waals surface area contributed by atoms with Crippen LogP contribution in [0.2, 0.25) is 0 Å². The number of nitrogens with two attached hydrogens (primary N) is 1. The smallest absolute Gasteiger partial charge is 0.251 e. The molecule has 0 unspecified atom stereocenters. The Morgan fingerprint density at radius 1 is 1.33 bits per heavy atom. The zero-order valence-electron chi connectivity index (χ0n) is 11.8. The number of pyridine rings is 1. The van der Waals surface area contributed by atoms with Crippen LogP contribution in [0.1, 0.15) is 34.1 Å². The minimum atomic E-state index is -0.192. The van der Waals surface area contributed by atoms with Gasteiger partial charge in [-0.05, 0) is 36.2 Å². The van der Waals surface area contributed by atoms with Gasteiger partial charge in [0, 0.05) is 17.8 Å². The minimum Gasteiger partial charge on any atom is -0.384 e. The molecule has 0 aliphatic heterocycles. The van der Waals surface area contributed by atoms with Gasteiger partial charge in [0.25, 0.3) is 5.91 Å². The predicted octanol–water partition coefficient (Wildman–Crippen LogP) is 2.03. The van der Waals surface area contributed by atoms with Crippen molar-refractivity contribution in [1.29, 1.82) is 5.26 Å². The summed E-state index contributed by atoms with van der Waals surface area (Å²) in [7, 11) is 0. The van der Waals surface area contributed by atoms with Crippen LogP contribution in [0, 0.1) is 11.3 Å². The number of aromatic nitrogens is 1. The van der Waals surface area contributed by atoms with Crippen LogP contribution in [0.3, 0.4) is 0 Å². The zero-order valence-corrected chi connectivity index (χ0v) is 11.8. The Morgan fingerprint density at radius 3 is 2.67 bits per heavy atom. The van der Waals surface area contributed by atoms with E-state index in [-0.39, 0.29) is 5.91 Å². The molecule has 0 saturated heterocycles. The fraction of sp³-hybridized carbons (Fsp3) is 0.188. The van der Waals surface area contributed by atoms with Crippen LogP contribution in [-0.2, 0) is 13.0 Å². The molecule has 0 saturated carbocycles. The molecular weight excluding hydrogens is 264 g/mol. The summed E-state index contributed by atoms with van der Waals surface area (Å²) in [4.78, 5) is 16.3. The van der Waals surface area contributed by atoms with Gasteiger partial charge in [-0.25, -0.2) is 4.98 Å². The topological polar surface area (TPSA) is 91.8 Å². The summed E-state index contributed by atoms with van der Waals surface area (Å²) in [5, 5.41) is 11.6. The van der Waals surface area contributed by atoms with Crippen molar-refractivity contribution in [2.45, 2.75) is 19.9 Å². The maximum atomic E-state index is 12.1. The number of carbonyl (C=O) groups excluding carboxylic acids is 1. The molecule has 0 aliphatic rings. The van der Waals surface area contributed by atoms with Crippen LogP contribution >= 0.6 is 0 Å². The lowest BCUT2D eigenvalue weighted by atomic mass is 10.1. The van der Waals surface area contributed by atoms with E-state index in [1.807, 2.05) is 19.1 Å². The maximum Gasteiger partial charge on any atom is 0.251 e. The quantitative estimate of drug-likeness (QED) is 0.896. The van der Waals surface area contributed by atoms with Gasteiger partial charge in [0.15, 0.2) is 0 Å². The Hall–Kier alpha value is -2.87. The van der Waals surface area contributed by atoms with Crippen LogP contribution in [0.15, 0.2) is 36.4 Å². The molecule has 1 aromatic heterocycles. The van der Waals surface area contributed by atoms with Crippen molar-refractivity contribution in [3.63, 3.8) is 0 Å². The number of benzene rings is 1. The highest BCUT2D eigenvalue weighted by Crippen LogP contribution is 2.09. The van der Waals surface area contributed by atoms with Gasteiger partial charge in [0.2, 0.25) is 0 Å². The number of hydrogen-bond acceptors (Lipinski definition) is 4. The number of hydrogen-bond donors (Lipinski definition) is 2. The average Bonchev–Trinajstić information content (AvgIpc) is 2.52. The van der Waals surface area contributed by atoms with Crippen molar-refractivity contribution in [3.8, 4) is 6.07 Å². The summed E-state index contributed by atoms with van der Waals surface area (Å²) in [5.74, 6) is 0.154. The van der Waals surface area contributed by atoms with E-state index in [0.29, 0.717) is 23.5 Å². The molecule has 0 bridgehead atoms. The highest BCUT2D eigenvalue weighted by molar-refractivity contribution is 5.94. The first kappa shape index (κ1) is 14.5. The second-order valence-corrected chi connectivity index (χ2v) is 4.62. The Morgan fingerprint density at radius 2 is 2.05 bits per heavy atom. The molecule has 2 rings (SSSR count). The summed E-state index contributed by atoms with van der Waals surface area (Å²) in [6, 6.07) is 12.4. The second-order valence-electron chi connectivity index (χ2n) is 4.62. The first-order chi connectivity index (χ1) is 10.1. The monoisotopic (exact) mass is 280 g/mol. The van der Waals surface area contributed by atoms with E-state index in [1.165, 1.54) is 0 Å². The summed E-state index contributed by atoms with van der Waals surface area (Å²) >= 11 is 0. The highest BCUT2D eigenvalue weighted by Gasteiger charge is 2.08. The average molecular weight is 280 g/mol. The van der Waals surface area contributed by atoms with Gasteiger partial charge in [-0.15, -0.1) is 0 Å². The molecule has 106 valence electrons. The minimum absolute atomic E-state index is 0.192. The Labute approximate surface area is 123 Å². The van der Waals surface area contributed by atoms with Crippen LogP contribution in [0.25, 0.3) is 0 Å². The van der Waals surface area contributed by atoms with Gasteiger partial charge in [0.05, 0.1) is 11.6 Å². The first-order valence-corrected chi connectivity index (χ1v) is 6.66. The van der Waals surface area contributed by atoms with Crippen molar-refractivity contribution >= 4 is 11.7 Å². The van der Waals surface area contributed by atoms with Crippen molar-refractivity contribution in [2.24, 2.45) is 0 Å². The fourth-order valence-electron chi connectivity index (χ4n) is 1.90. The maximum absolute atomic E-state index is 12.1. The summed E-state index contributed by atoms with van der Waals surface area (Å²) in [6.07, 6.45) is 0.723. The van der Waals surface area contributed by atoms with E-state index >= 15 is 0 Å². The second kappa shape index (κ2) is 6.53. The predicted molar refractivity (Wildman–Crippen MR) is 80.4 cm³/mol. The Balaban J connectivity index is 2.04. The van der Waals surface area contributed by atoms with Crippen molar-refractivity contribution in [3.05, 3.63) is 58.8 Å². The highest BCUT2D eigenvalue weighted by atomic mass is 16.1. The van der Waals surface area contributed by atoms with E-state index in [1.54, 1.807) is 24.3 Å². The van der Waals surface area contributed by atoms with Crippen LogP contribution in [-0.4, -0.2) is 10.9 Å². The SMILES string of the molecule is CCc1cc(C(=O)NCc2ccc(C#N)cc2)cc(N)n1. The molecule has 0 radical (unpaired) electrons. The molecule has 0 spiro atoms. The number of carbonyl (C=O) groups is 1. The third-order valence-corrected chi connectivity index (χ3v) is 3.06. The number of nitriles is 1. The Bertz CT molecular complexity index is 686. The Kier molecular flexibility index (Phi) is 4.52. The zero-order chi connectivity index (χ0) is 15.2. The van der Waals surface area contributed by atoms with Gasteiger partial charge in [0.1, 0.15) is 5.82 Å². The number of nitrogens with one attached hydrogen (secondary N) is 1.